The zero-order valence-corrected chi connectivity index (χ0v) is 17.4. The third-order valence-corrected chi connectivity index (χ3v) is 5.53. The van der Waals surface area contributed by atoms with Gasteiger partial charge in [0, 0.05) is 27.0 Å². The first kappa shape index (κ1) is 18.3. The van der Waals surface area contributed by atoms with Crippen molar-refractivity contribution in [1.29, 1.82) is 0 Å². The molecule has 27 heavy (non-hydrogen) atoms. The molecule has 0 atom stereocenters. The van der Waals surface area contributed by atoms with Crippen molar-refractivity contribution in [3.8, 4) is 11.3 Å². The molecule has 4 aromatic rings. The smallest absolute Gasteiger partial charge is 0.146 e. The van der Waals surface area contributed by atoms with Gasteiger partial charge in [0.1, 0.15) is 23.0 Å². The number of pyridine rings is 1. The highest BCUT2D eigenvalue weighted by Crippen LogP contribution is 2.39. The first-order chi connectivity index (χ1) is 13.1. The first-order valence-electron chi connectivity index (χ1n) is 8.54. The Morgan fingerprint density at radius 2 is 1.93 bits per heavy atom. The fraction of sp³-hybridized carbons (Fsp3) is 0.0952. The van der Waals surface area contributed by atoms with E-state index in [1.165, 1.54) is 6.07 Å². The van der Waals surface area contributed by atoms with E-state index in [0.29, 0.717) is 22.8 Å². The number of aromatic nitrogens is 2. The van der Waals surface area contributed by atoms with Crippen molar-refractivity contribution >= 4 is 51.3 Å². The molecule has 0 bridgehead atoms. The van der Waals surface area contributed by atoms with Crippen LogP contribution in [0.2, 0.25) is 5.02 Å². The molecule has 0 unspecified atom stereocenters. The summed E-state index contributed by atoms with van der Waals surface area (Å²) < 4.78 is 17.6. The molecule has 0 spiro atoms. The Labute approximate surface area is 175 Å². The van der Waals surface area contributed by atoms with E-state index in [9.17, 15) is 4.39 Å². The molecule has 2 aromatic heterocycles. The summed E-state index contributed by atoms with van der Waals surface area (Å²) in [5.74, 6) is 0.534. The third kappa shape index (κ3) is 3.30. The van der Waals surface area contributed by atoms with Crippen LogP contribution in [-0.2, 0) is 0 Å². The number of imidazole rings is 1. The lowest BCUT2D eigenvalue weighted by molar-refractivity contribution is 0.630. The van der Waals surface area contributed by atoms with Gasteiger partial charge >= 0.3 is 0 Å². The Hall–Kier alpha value is -2.12. The van der Waals surface area contributed by atoms with Crippen LogP contribution in [0, 0.1) is 9.39 Å². The van der Waals surface area contributed by atoms with Gasteiger partial charge in [0.25, 0.3) is 0 Å². The maximum Gasteiger partial charge on any atom is 0.146 e. The van der Waals surface area contributed by atoms with Crippen molar-refractivity contribution in [2.24, 2.45) is 0 Å². The summed E-state index contributed by atoms with van der Waals surface area (Å²) in [4.78, 5) is 6.87. The van der Waals surface area contributed by atoms with E-state index in [1.807, 2.05) is 59.1 Å². The molecule has 4 rings (SSSR count). The highest BCUT2D eigenvalue weighted by Gasteiger charge is 2.24. The summed E-state index contributed by atoms with van der Waals surface area (Å²) in [6.07, 6.45) is 1.95. The van der Waals surface area contributed by atoms with Crippen LogP contribution < -0.4 is 4.90 Å². The quantitative estimate of drug-likeness (QED) is 0.302. The Balaban J connectivity index is 2.04. The molecule has 0 aliphatic carbocycles. The van der Waals surface area contributed by atoms with Gasteiger partial charge in [0.2, 0.25) is 0 Å². The van der Waals surface area contributed by atoms with Gasteiger partial charge in [0.15, 0.2) is 0 Å². The van der Waals surface area contributed by atoms with Crippen LogP contribution >= 0.6 is 34.2 Å². The minimum Gasteiger partial charge on any atom is -0.326 e. The lowest BCUT2D eigenvalue weighted by atomic mass is 10.1. The number of anilines is 2. The van der Waals surface area contributed by atoms with Crippen molar-refractivity contribution in [1.82, 2.24) is 9.38 Å². The van der Waals surface area contributed by atoms with Gasteiger partial charge in [0.05, 0.1) is 5.56 Å². The fourth-order valence-electron chi connectivity index (χ4n) is 3.23. The summed E-state index contributed by atoms with van der Waals surface area (Å²) in [5.41, 5.74) is 2.83. The normalized spacial score (nSPS) is 11.1. The zero-order chi connectivity index (χ0) is 19.0. The SMILES string of the molecule is CCN(c1cccc(Cl)c1)c1c(-c2c(F)cccc2I)nc2ccccn12. The van der Waals surface area contributed by atoms with Crippen LogP contribution in [0.25, 0.3) is 16.9 Å². The maximum atomic E-state index is 14.8. The van der Waals surface area contributed by atoms with E-state index in [1.54, 1.807) is 6.07 Å². The van der Waals surface area contributed by atoms with Gasteiger partial charge in [-0.25, -0.2) is 9.37 Å². The average molecular weight is 492 g/mol. The van der Waals surface area contributed by atoms with E-state index >= 15 is 0 Å². The van der Waals surface area contributed by atoms with Gasteiger partial charge in [-0.3, -0.25) is 4.40 Å². The average Bonchev–Trinajstić information content (AvgIpc) is 3.02. The van der Waals surface area contributed by atoms with Crippen molar-refractivity contribution < 1.29 is 4.39 Å². The summed E-state index contributed by atoms with van der Waals surface area (Å²) in [7, 11) is 0. The number of benzene rings is 2. The monoisotopic (exact) mass is 491 g/mol. The molecule has 0 N–H and O–H groups in total. The van der Waals surface area contributed by atoms with Crippen LogP contribution in [0.1, 0.15) is 6.92 Å². The molecule has 0 radical (unpaired) electrons. The highest BCUT2D eigenvalue weighted by molar-refractivity contribution is 14.1. The van der Waals surface area contributed by atoms with Gasteiger partial charge < -0.3 is 4.90 Å². The van der Waals surface area contributed by atoms with Crippen LogP contribution in [0.15, 0.2) is 66.9 Å². The van der Waals surface area contributed by atoms with Crippen LogP contribution in [0.3, 0.4) is 0 Å². The lowest BCUT2D eigenvalue weighted by Crippen LogP contribution is -2.18. The highest BCUT2D eigenvalue weighted by atomic mass is 127. The summed E-state index contributed by atoms with van der Waals surface area (Å²) >= 11 is 8.38. The lowest BCUT2D eigenvalue weighted by Gasteiger charge is -2.24. The molecule has 6 heteroatoms. The Bertz CT molecular complexity index is 1110. The fourth-order valence-corrected chi connectivity index (χ4v) is 4.14. The van der Waals surface area contributed by atoms with Gasteiger partial charge in [-0.1, -0.05) is 29.8 Å². The molecule has 0 saturated carbocycles. The van der Waals surface area contributed by atoms with Crippen molar-refractivity contribution in [2.45, 2.75) is 6.92 Å². The van der Waals surface area contributed by atoms with Crippen molar-refractivity contribution in [3.63, 3.8) is 0 Å². The van der Waals surface area contributed by atoms with E-state index in [4.69, 9.17) is 16.6 Å². The molecule has 0 fully saturated rings. The van der Waals surface area contributed by atoms with Crippen LogP contribution in [-0.4, -0.2) is 15.9 Å². The summed E-state index contributed by atoms with van der Waals surface area (Å²) in [6, 6.07) is 18.5. The topological polar surface area (TPSA) is 20.5 Å². The number of hydrogen-bond donors (Lipinski definition) is 0. The molecule has 2 heterocycles. The van der Waals surface area contributed by atoms with E-state index in [2.05, 4.69) is 34.4 Å². The molecule has 136 valence electrons. The molecule has 0 aliphatic rings. The number of halogens is 3. The van der Waals surface area contributed by atoms with E-state index < -0.39 is 0 Å². The van der Waals surface area contributed by atoms with E-state index in [-0.39, 0.29) is 5.82 Å². The molecule has 0 aliphatic heterocycles. The summed E-state index contributed by atoms with van der Waals surface area (Å²) in [6.45, 7) is 2.74. The van der Waals surface area contributed by atoms with Crippen molar-refractivity contribution in [3.05, 3.63) is 81.3 Å². The number of hydrogen-bond acceptors (Lipinski definition) is 2. The molecular formula is C21H16ClFIN3. The molecular weight excluding hydrogens is 476 g/mol. The predicted molar refractivity (Wildman–Crippen MR) is 117 cm³/mol. The molecule has 3 nitrogen and oxygen atoms in total. The second-order valence-corrected chi connectivity index (χ2v) is 7.63. The summed E-state index contributed by atoms with van der Waals surface area (Å²) in [5, 5.41) is 0.654. The number of nitrogens with zero attached hydrogens (tertiary/aromatic N) is 3. The Kier molecular flexibility index (Phi) is 5.06. The largest absolute Gasteiger partial charge is 0.326 e. The maximum absolute atomic E-state index is 14.8. The molecule has 0 saturated heterocycles. The third-order valence-electron chi connectivity index (χ3n) is 4.40. The second kappa shape index (κ2) is 7.48. The van der Waals surface area contributed by atoms with E-state index in [0.717, 1.165) is 20.7 Å². The minimum atomic E-state index is -0.284. The number of fused-ring (bicyclic) bond motifs is 1. The van der Waals surface area contributed by atoms with Crippen LogP contribution in [0.5, 0.6) is 0 Å². The van der Waals surface area contributed by atoms with Gasteiger partial charge in [-0.2, -0.15) is 0 Å². The van der Waals surface area contributed by atoms with Crippen LogP contribution in [0.4, 0.5) is 15.9 Å². The standard InChI is InChI=1S/C21H16ClFIN3/c1-2-26(15-8-5-7-14(22)13-15)21-20(19-16(23)9-6-10-17(19)24)25-18-11-3-4-12-27(18)21/h3-13H,2H2,1H3. The first-order valence-corrected chi connectivity index (χ1v) is 10.0. The molecule has 2 aromatic carbocycles. The van der Waals surface area contributed by atoms with Gasteiger partial charge in [-0.05, 0) is 72.0 Å². The predicted octanol–water partition coefficient (Wildman–Crippen LogP) is 6.56. The Morgan fingerprint density at radius 1 is 1.11 bits per heavy atom. The minimum absolute atomic E-state index is 0.284. The van der Waals surface area contributed by atoms with Gasteiger partial charge in [-0.15, -0.1) is 0 Å². The zero-order valence-electron chi connectivity index (χ0n) is 14.5. The van der Waals surface area contributed by atoms with Crippen molar-refractivity contribution in [2.75, 3.05) is 11.4 Å². The number of rotatable bonds is 4. The molecule has 0 amide bonds. The second-order valence-electron chi connectivity index (χ2n) is 6.03. The Morgan fingerprint density at radius 3 is 2.67 bits per heavy atom.